The van der Waals surface area contributed by atoms with Gasteiger partial charge >= 0.3 is 6.03 Å². The van der Waals surface area contributed by atoms with Gasteiger partial charge in [-0.05, 0) is 30.4 Å². The Labute approximate surface area is 158 Å². The Bertz CT molecular complexity index is 1070. The standard InChI is InChI=1S/C17H13ClN4O3S/c1-2-8-21-15(24)11(14(23)20-17(21)26)9-12-13(18)19-16(25)22(12)10-6-4-3-5-7-10/h2-7,9,24H,1,8H2,(H,20,23,26). The van der Waals surface area contributed by atoms with E-state index < -0.39 is 11.6 Å². The first-order chi connectivity index (χ1) is 12.4. The molecule has 7 nitrogen and oxygen atoms in total. The van der Waals surface area contributed by atoms with Crippen LogP contribution in [0.15, 0.2) is 58.5 Å². The second-order valence-corrected chi connectivity index (χ2v) is 6.03. The van der Waals surface area contributed by atoms with Crippen LogP contribution in [0.25, 0.3) is 6.08 Å². The van der Waals surface area contributed by atoms with Gasteiger partial charge in [-0.15, -0.1) is 6.58 Å². The Kier molecular flexibility index (Phi) is 4.88. The number of aromatic amines is 1. The molecule has 1 aromatic carbocycles. The number of carbonyl (C=O) groups excluding carboxylic acids is 1. The van der Waals surface area contributed by atoms with E-state index in [1.807, 2.05) is 0 Å². The first-order valence-corrected chi connectivity index (χ1v) is 8.25. The van der Waals surface area contributed by atoms with Gasteiger partial charge in [0.2, 0.25) is 5.88 Å². The molecule has 26 heavy (non-hydrogen) atoms. The van der Waals surface area contributed by atoms with Gasteiger partial charge in [0.25, 0.3) is 5.56 Å². The second-order valence-electron chi connectivity index (χ2n) is 5.28. The van der Waals surface area contributed by atoms with E-state index in [2.05, 4.69) is 16.6 Å². The number of nitrogens with zero attached hydrogens (tertiary/aromatic N) is 3. The molecule has 0 saturated carbocycles. The van der Waals surface area contributed by atoms with Crippen molar-refractivity contribution in [3.8, 4) is 5.88 Å². The van der Waals surface area contributed by atoms with Crippen molar-refractivity contribution in [2.75, 3.05) is 4.90 Å². The van der Waals surface area contributed by atoms with Gasteiger partial charge in [0.05, 0.1) is 11.4 Å². The molecule has 1 aliphatic rings. The molecule has 3 rings (SSSR count). The van der Waals surface area contributed by atoms with Crippen LogP contribution in [-0.2, 0) is 6.54 Å². The van der Waals surface area contributed by atoms with Crippen molar-refractivity contribution in [1.82, 2.24) is 9.55 Å². The number of urea groups is 1. The molecule has 2 aromatic rings. The molecule has 0 spiro atoms. The Morgan fingerprint density at radius 3 is 2.65 bits per heavy atom. The zero-order chi connectivity index (χ0) is 18.8. The fraction of sp³-hybridized carbons (Fsp3) is 0.0588. The van der Waals surface area contributed by atoms with Crippen LogP contribution in [0.2, 0.25) is 0 Å². The number of carbonyl (C=O) groups is 1. The highest BCUT2D eigenvalue weighted by Crippen LogP contribution is 2.29. The van der Waals surface area contributed by atoms with Crippen LogP contribution in [0.4, 0.5) is 10.5 Å². The Balaban J connectivity index is 2.20. The summed E-state index contributed by atoms with van der Waals surface area (Å²) in [6, 6.07) is 8.10. The molecule has 0 bridgehead atoms. The summed E-state index contributed by atoms with van der Waals surface area (Å²) < 4.78 is 1.35. The largest absolute Gasteiger partial charge is 0.494 e. The number of para-hydroxylation sites is 1. The molecule has 0 radical (unpaired) electrons. The van der Waals surface area contributed by atoms with E-state index in [-0.39, 0.29) is 33.6 Å². The number of hydrogen-bond donors (Lipinski definition) is 2. The number of benzene rings is 1. The van der Waals surface area contributed by atoms with Gasteiger partial charge < -0.3 is 5.11 Å². The van der Waals surface area contributed by atoms with E-state index in [1.165, 1.54) is 21.6 Å². The van der Waals surface area contributed by atoms with Crippen molar-refractivity contribution >= 4 is 46.8 Å². The van der Waals surface area contributed by atoms with E-state index in [1.54, 1.807) is 30.3 Å². The predicted octanol–water partition coefficient (Wildman–Crippen LogP) is 3.42. The second kappa shape index (κ2) is 7.11. The maximum atomic E-state index is 12.3. The maximum absolute atomic E-state index is 12.3. The highest BCUT2D eigenvalue weighted by molar-refractivity contribution is 7.71. The Morgan fingerprint density at radius 1 is 1.31 bits per heavy atom. The minimum absolute atomic E-state index is 0.0525. The third-order valence-corrected chi connectivity index (χ3v) is 4.25. The summed E-state index contributed by atoms with van der Waals surface area (Å²) in [5.41, 5.74) is -0.0135. The van der Waals surface area contributed by atoms with Crippen LogP contribution >= 0.6 is 23.8 Å². The first-order valence-electron chi connectivity index (χ1n) is 7.46. The number of nitrogens with one attached hydrogen (secondary N) is 1. The number of aromatic hydroxyl groups is 1. The number of amides is 2. The summed E-state index contributed by atoms with van der Waals surface area (Å²) in [5.74, 6) is -0.358. The molecule has 9 heteroatoms. The predicted molar refractivity (Wildman–Crippen MR) is 103 cm³/mol. The molecule has 1 aliphatic heterocycles. The average Bonchev–Trinajstić information content (AvgIpc) is 2.89. The van der Waals surface area contributed by atoms with Gasteiger partial charge in [0, 0.05) is 6.54 Å². The van der Waals surface area contributed by atoms with Crippen molar-refractivity contribution < 1.29 is 9.90 Å². The molecular weight excluding hydrogens is 376 g/mol. The number of H-pyrrole nitrogens is 1. The lowest BCUT2D eigenvalue weighted by molar-refractivity contribution is 0.257. The minimum atomic E-state index is -0.614. The molecule has 2 heterocycles. The number of rotatable bonds is 4. The normalized spacial score (nSPS) is 15.4. The molecule has 2 amide bonds. The molecule has 2 N–H and O–H groups in total. The number of aromatic nitrogens is 2. The van der Waals surface area contributed by atoms with Crippen LogP contribution in [0.1, 0.15) is 5.56 Å². The summed E-state index contributed by atoms with van der Waals surface area (Å²) in [5, 5.41) is 10.4. The lowest BCUT2D eigenvalue weighted by Crippen LogP contribution is -2.24. The fourth-order valence-electron chi connectivity index (χ4n) is 2.48. The number of hydrogen-bond acceptors (Lipinski definition) is 4. The van der Waals surface area contributed by atoms with Gasteiger partial charge in [-0.25, -0.2) is 4.79 Å². The lowest BCUT2D eigenvalue weighted by atomic mass is 10.2. The number of aliphatic imine (C=N–C) groups is 1. The van der Waals surface area contributed by atoms with Crippen LogP contribution in [0.3, 0.4) is 0 Å². The minimum Gasteiger partial charge on any atom is -0.494 e. The molecule has 0 atom stereocenters. The van der Waals surface area contributed by atoms with Gasteiger partial charge in [0.1, 0.15) is 5.56 Å². The summed E-state index contributed by atoms with van der Waals surface area (Å²) in [6.07, 6.45) is 2.82. The topological polar surface area (TPSA) is 90.7 Å². The monoisotopic (exact) mass is 388 g/mol. The lowest BCUT2D eigenvalue weighted by Gasteiger charge is -2.17. The number of anilines is 1. The summed E-state index contributed by atoms with van der Waals surface area (Å²) in [6.45, 7) is 3.78. The number of halogens is 1. The highest BCUT2D eigenvalue weighted by atomic mass is 35.5. The summed E-state index contributed by atoms with van der Waals surface area (Å²) >= 11 is 11.1. The van der Waals surface area contributed by atoms with E-state index in [4.69, 9.17) is 23.8 Å². The smallest absolute Gasteiger partial charge is 0.354 e. The van der Waals surface area contributed by atoms with Gasteiger partial charge in [-0.3, -0.25) is 19.2 Å². The van der Waals surface area contributed by atoms with Crippen LogP contribution in [0.5, 0.6) is 5.88 Å². The quantitative estimate of drug-likeness (QED) is 0.620. The molecular formula is C17H13ClN4O3S. The van der Waals surface area contributed by atoms with Crippen molar-refractivity contribution in [1.29, 1.82) is 0 Å². The average molecular weight is 389 g/mol. The summed E-state index contributed by atoms with van der Waals surface area (Å²) in [7, 11) is 0. The molecule has 0 unspecified atom stereocenters. The van der Waals surface area contributed by atoms with Gasteiger partial charge in [-0.2, -0.15) is 4.99 Å². The molecule has 1 aromatic heterocycles. The molecule has 132 valence electrons. The van der Waals surface area contributed by atoms with E-state index in [0.29, 0.717) is 5.69 Å². The molecule has 0 fully saturated rings. The van der Waals surface area contributed by atoms with Crippen LogP contribution in [-0.4, -0.2) is 25.9 Å². The van der Waals surface area contributed by atoms with E-state index >= 15 is 0 Å². The van der Waals surface area contributed by atoms with Crippen molar-refractivity contribution in [3.63, 3.8) is 0 Å². The molecule has 0 saturated heterocycles. The zero-order valence-corrected chi connectivity index (χ0v) is 14.9. The maximum Gasteiger partial charge on any atom is 0.354 e. The Morgan fingerprint density at radius 2 is 2.00 bits per heavy atom. The zero-order valence-electron chi connectivity index (χ0n) is 13.3. The van der Waals surface area contributed by atoms with Crippen LogP contribution < -0.4 is 10.5 Å². The highest BCUT2D eigenvalue weighted by Gasteiger charge is 2.30. The molecule has 0 aliphatic carbocycles. The van der Waals surface area contributed by atoms with E-state index in [9.17, 15) is 14.7 Å². The SMILES string of the molecule is C=CCn1c(O)c(C=C2C(Cl)=NC(=O)N2c2ccccc2)c(=O)[nH]c1=S. The van der Waals surface area contributed by atoms with E-state index in [0.717, 1.165) is 0 Å². The van der Waals surface area contributed by atoms with Crippen molar-refractivity contribution in [2.24, 2.45) is 4.99 Å². The van der Waals surface area contributed by atoms with Crippen molar-refractivity contribution in [2.45, 2.75) is 6.54 Å². The van der Waals surface area contributed by atoms with Gasteiger partial charge in [-0.1, -0.05) is 35.9 Å². The third kappa shape index (κ3) is 3.12. The first kappa shape index (κ1) is 17.8. The third-order valence-electron chi connectivity index (χ3n) is 3.65. The Hall–Kier alpha value is -2.97. The number of allylic oxidation sites excluding steroid dienone is 2. The van der Waals surface area contributed by atoms with Crippen molar-refractivity contribution in [3.05, 3.63) is 69.4 Å². The van der Waals surface area contributed by atoms with Crippen LogP contribution in [0, 0.1) is 4.77 Å². The fourth-order valence-corrected chi connectivity index (χ4v) is 2.94. The van der Waals surface area contributed by atoms with Gasteiger partial charge in [0.15, 0.2) is 9.94 Å². The summed E-state index contributed by atoms with van der Waals surface area (Å²) in [4.78, 5) is 31.9.